The molecule has 2 rings (SSSR count). The van der Waals surface area contributed by atoms with Gasteiger partial charge < -0.3 is 14.6 Å². The minimum atomic E-state index is -1.14. The zero-order valence-electron chi connectivity index (χ0n) is 11.1. The maximum atomic E-state index is 11.1. The first-order valence-corrected chi connectivity index (χ1v) is 6.58. The maximum Gasteiger partial charge on any atom is 0.354 e. The van der Waals surface area contributed by atoms with Gasteiger partial charge >= 0.3 is 5.97 Å². The molecule has 0 radical (unpaired) electrons. The molecule has 0 aliphatic rings. The van der Waals surface area contributed by atoms with Crippen LogP contribution in [0.25, 0.3) is 10.9 Å². The number of ether oxygens (including phenoxy) is 2. The van der Waals surface area contributed by atoms with Crippen LogP contribution < -0.4 is 9.47 Å². The number of hydrogen-bond donors (Lipinski definition) is 1. The van der Waals surface area contributed by atoms with Crippen LogP contribution in [0.1, 0.15) is 24.3 Å². The lowest BCUT2D eigenvalue weighted by Gasteiger charge is -2.13. The molecule has 0 aliphatic carbocycles. The Morgan fingerprint density at radius 1 is 1.25 bits per heavy atom. The average molecular weight is 296 g/mol. The van der Waals surface area contributed by atoms with Crippen molar-refractivity contribution in [2.75, 3.05) is 13.2 Å². The SMILES string of the molecule is CCOc1ccc(OCC)c2c(Cl)cc(C(=O)O)nc12. The number of hydrogen-bond acceptors (Lipinski definition) is 4. The Morgan fingerprint density at radius 3 is 2.45 bits per heavy atom. The molecule has 20 heavy (non-hydrogen) atoms. The number of rotatable bonds is 5. The molecule has 0 aliphatic heterocycles. The summed E-state index contributed by atoms with van der Waals surface area (Å²) in [6, 6.07) is 4.75. The molecule has 2 aromatic rings. The molecule has 0 spiro atoms. The Hall–Kier alpha value is -2.01. The third-order valence-electron chi connectivity index (χ3n) is 2.66. The van der Waals surface area contributed by atoms with Crippen LogP contribution >= 0.6 is 11.6 Å². The average Bonchev–Trinajstić information content (AvgIpc) is 2.41. The number of carbonyl (C=O) groups is 1. The van der Waals surface area contributed by atoms with E-state index in [1.54, 1.807) is 12.1 Å². The van der Waals surface area contributed by atoms with Gasteiger partial charge in [0.05, 0.1) is 23.6 Å². The second-order valence-electron chi connectivity index (χ2n) is 3.95. The fraction of sp³-hybridized carbons (Fsp3) is 0.286. The molecule has 1 aromatic heterocycles. The Kier molecular flexibility index (Phi) is 4.29. The van der Waals surface area contributed by atoms with E-state index in [9.17, 15) is 4.79 Å². The van der Waals surface area contributed by atoms with E-state index >= 15 is 0 Å². The summed E-state index contributed by atoms with van der Waals surface area (Å²) < 4.78 is 11.0. The van der Waals surface area contributed by atoms with Crippen molar-refractivity contribution in [2.24, 2.45) is 0 Å². The van der Waals surface area contributed by atoms with Gasteiger partial charge in [0.15, 0.2) is 5.69 Å². The van der Waals surface area contributed by atoms with Gasteiger partial charge in [-0.15, -0.1) is 0 Å². The number of carboxylic acid groups (broad SMARTS) is 1. The molecular weight excluding hydrogens is 282 g/mol. The van der Waals surface area contributed by atoms with E-state index in [1.165, 1.54) is 6.07 Å². The van der Waals surface area contributed by atoms with E-state index in [0.29, 0.717) is 35.6 Å². The molecule has 0 atom stereocenters. The van der Waals surface area contributed by atoms with Crippen LogP contribution in [0.5, 0.6) is 11.5 Å². The Balaban J connectivity index is 2.77. The fourth-order valence-corrected chi connectivity index (χ4v) is 2.18. The molecule has 1 heterocycles. The van der Waals surface area contributed by atoms with Gasteiger partial charge in [0.1, 0.15) is 17.0 Å². The molecule has 0 fully saturated rings. The highest BCUT2D eigenvalue weighted by Crippen LogP contribution is 2.37. The Morgan fingerprint density at radius 2 is 1.85 bits per heavy atom. The summed E-state index contributed by atoms with van der Waals surface area (Å²) in [4.78, 5) is 15.2. The quantitative estimate of drug-likeness (QED) is 0.915. The summed E-state index contributed by atoms with van der Waals surface area (Å²) in [5.41, 5.74) is 0.264. The van der Waals surface area contributed by atoms with Crippen LogP contribution in [0.2, 0.25) is 5.02 Å². The fourth-order valence-electron chi connectivity index (χ4n) is 1.90. The molecule has 0 unspecified atom stereocenters. The number of halogens is 1. The van der Waals surface area contributed by atoms with E-state index in [0.717, 1.165) is 0 Å². The molecule has 0 bridgehead atoms. The van der Waals surface area contributed by atoms with Crippen LogP contribution in [0.15, 0.2) is 18.2 Å². The van der Waals surface area contributed by atoms with Crippen molar-refractivity contribution in [3.05, 3.63) is 28.9 Å². The van der Waals surface area contributed by atoms with E-state index < -0.39 is 5.97 Å². The van der Waals surface area contributed by atoms with Crippen molar-refractivity contribution in [2.45, 2.75) is 13.8 Å². The summed E-state index contributed by atoms with van der Waals surface area (Å²) in [6.07, 6.45) is 0. The highest BCUT2D eigenvalue weighted by atomic mass is 35.5. The standard InChI is InChI=1S/C14H14ClNO4/c1-3-19-10-5-6-11(20-4-2)13-12(10)8(15)7-9(16-13)14(17)18/h5-7H,3-4H2,1-2H3,(H,17,18). The van der Waals surface area contributed by atoms with Gasteiger partial charge in [-0.3, -0.25) is 0 Å². The largest absolute Gasteiger partial charge is 0.493 e. The van der Waals surface area contributed by atoms with Crippen molar-refractivity contribution in [3.63, 3.8) is 0 Å². The normalized spacial score (nSPS) is 10.6. The Labute approximate surface area is 121 Å². The number of benzene rings is 1. The number of aromatic nitrogens is 1. The van der Waals surface area contributed by atoms with Crippen molar-refractivity contribution in [1.82, 2.24) is 4.98 Å². The summed E-state index contributed by atoms with van der Waals surface area (Å²) >= 11 is 6.18. The van der Waals surface area contributed by atoms with Gasteiger partial charge in [0, 0.05) is 0 Å². The molecule has 1 N–H and O–H groups in total. The molecule has 106 valence electrons. The van der Waals surface area contributed by atoms with Crippen LogP contribution in [0, 0.1) is 0 Å². The van der Waals surface area contributed by atoms with Crippen molar-refractivity contribution >= 4 is 28.5 Å². The second kappa shape index (κ2) is 5.96. The third kappa shape index (κ3) is 2.63. The molecule has 5 nitrogen and oxygen atoms in total. The topological polar surface area (TPSA) is 68.7 Å². The van der Waals surface area contributed by atoms with E-state index in [2.05, 4.69) is 4.98 Å². The van der Waals surface area contributed by atoms with Crippen LogP contribution in [-0.2, 0) is 0 Å². The lowest BCUT2D eigenvalue weighted by molar-refractivity contribution is 0.0691. The van der Waals surface area contributed by atoms with E-state index in [-0.39, 0.29) is 10.7 Å². The van der Waals surface area contributed by atoms with E-state index in [1.807, 2.05) is 13.8 Å². The predicted molar refractivity (Wildman–Crippen MR) is 76.1 cm³/mol. The van der Waals surface area contributed by atoms with Crippen LogP contribution in [0.3, 0.4) is 0 Å². The van der Waals surface area contributed by atoms with Crippen LogP contribution in [-0.4, -0.2) is 29.3 Å². The number of aromatic carboxylic acids is 1. The number of fused-ring (bicyclic) bond motifs is 1. The summed E-state index contributed by atoms with van der Waals surface area (Å²) in [7, 11) is 0. The number of pyridine rings is 1. The number of carboxylic acids is 1. The van der Waals surface area contributed by atoms with Crippen molar-refractivity contribution < 1.29 is 19.4 Å². The minimum Gasteiger partial charge on any atom is -0.493 e. The molecule has 0 saturated heterocycles. The zero-order valence-corrected chi connectivity index (χ0v) is 11.9. The zero-order chi connectivity index (χ0) is 14.7. The second-order valence-corrected chi connectivity index (χ2v) is 4.35. The lowest BCUT2D eigenvalue weighted by Crippen LogP contribution is -2.03. The van der Waals surface area contributed by atoms with Gasteiger partial charge in [-0.25, -0.2) is 9.78 Å². The van der Waals surface area contributed by atoms with Gasteiger partial charge in [-0.2, -0.15) is 0 Å². The molecule has 1 aromatic carbocycles. The lowest BCUT2D eigenvalue weighted by atomic mass is 10.1. The Bertz CT molecular complexity index is 657. The third-order valence-corrected chi connectivity index (χ3v) is 2.95. The highest BCUT2D eigenvalue weighted by molar-refractivity contribution is 6.36. The van der Waals surface area contributed by atoms with Crippen molar-refractivity contribution in [3.8, 4) is 11.5 Å². The first-order valence-electron chi connectivity index (χ1n) is 6.20. The first kappa shape index (κ1) is 14.4. The van der Waals surface area contributed by atoms with E-state index in [4.69, 9.17) is 26.2 Å². The van der Waals surface area contributed by atoms with Crippen LogP contribution in [0.4, 0.5) is 0 Å². The van der Waals surface area contributed by atoms with Gasteiger partial charge in [-0.1, -0.05) is 11.6 Å². The van der Waals surface area contributed by atoms with Crippen molar-refractivity contribution in [1.29, 1.82) is 0 Å². The molecular formula is C14H14ClNO4. The maximum absolute atomic E-state index is 11.1. The smallest absolute Gasteiger partial charge is 0.354 e. The first-order chi connectivity index (χ1) is 9.58. The summed E-state index contributed by atoms with van der Waals surface area (Å²) in [5.74, 6) is -0.102. The van der Waals surface area contributed by atoms with Gasteiger partial charge in [0.25, 0.3) is 0 Å². The number of nitrogens with zero attached hydrogens (tertiary/aromatic N) is 1. The molecule has 6 heteroatoms. The summed E-state index contributed by atoms with van der Waals surface area (Å²) in [5, 5.41) is 9.90. The molecule has 0 amide bonds. The van der Waals surface area contributed by atoms with Gasteiger partial charge in [-0.05, 0) is 32.0 Å². The predicted octanol–water partition coefficient (Wildman–Crippen LogP) is 3.38. The highest BCUT2D eigenvalue weighted by Gasteiger charge is 2.17. The van der Waals surface area contributed by atoms with Gasteiger partial charge in [0.2, 0.25) is 0 Å². The molecule has 0 saturated carbocycles. The minimum absolute atomic E-state index is 0.128. The monoisotopic (exact) mass is 295 g/mol. The summed E-state index contributed by atoms with van der Waals surface area (Å²) in [6.45, 7) is 4.61.